The molecule has 0 atom stereocenters. The lowest BCUT2D eigenvalue weighted by atomic mass is 10.1. The second-order valence-corrected chi connectivity index (χ2v) is 4.00. The van der Waals surface area contributed by atoms with Crippen LogP contribution in [0.4, 0.5) is 0 Å². The molecule has 0 aliphatic heterocycles. The Morgan fingerprint density at radius 3 is 2.85 bits per heavy atom. The minimum atomic E-state index is 0.659. The van der Waals surface area contributed by atoms with Gasteiger partial charge < -0.3 is 0 Å². The fourth-order valence-electron chi connectivity index (χ4n) is 1.11. The van der Waals surface area contributed by atoms with Crippen molar-refractivity contribution >= 4 is 33.8 Å². The molecule has 0 aromatic heterocycles. The number of alkyl halides is 1. The quantitative estimate of drug-likeness (QED) is 0.599. The monoisotopic (exact) mass is 260 g/mol. The van der Waals surface area contributed by atoms with Crippen LogP contribution >= 0.6 is 27.5 Å². The number of aryl methyl sites for hydroxylation is 1. The lowest BCUT2D eigenvalue weighted by molar-refractivity contribution is 0.112. The molecule has 0 spiro atoms. The lowest BCUT2D eigenvalue weighted by Gasteiger charge is -2.01. The SMILES string of the molecule is O=Cc1cc(CCCCl)ccc1Br. The van der Waals surface area contributed by atoms with Gasteiger partial charge in [0.05, 0.1) is 0 Å². The predicted octanol–water partition coefficient (Wildman–Crippen LogP) is 3.43. The summed E-state index contributed by atoms with van der Waals surface area (Å²) in [6, 6.07) is 5.79. The minimum absolute atomic E-state index is 0.659. The summed E-state index contributed by atoms with van der Waals surface area (Å²) in [5.41, 5.74) is 1.86. The van der Waals surface area contributed by atoms with E-state index >= 15 is 0 Å². The molecule has 0 N–H and O–H groups in total. The van der Waals surface area contributed by atoms with Gasteiger partial charge in [0.2, 0.25) is 0 Å². The molecule has 0 radical (unpaired) electrons. The Balaban J connectivity index is 2.80. The van der Waals surface area contributed by atoms with Crippen LogP contribution < -0.4 is 0 Å². The molecule has 0 amide bonds. The molecule has 1 nitrogen and oxygen atoms in total. The zero-order valence-electron chi connectivity index (χ0n) is 7.09. The number of aldehydes is 1. The van der Waals surface area contributed by atoms with Gasteiger partial charge in [-0.1, -0.05) is 22.0 Å². The van der Waals surface area contributed by atoms with Gasteiger partial charge in [-0.3, -0.25) is 4.79 Å². The molecule has 0 unspecified atom stereocenters. The third-order valence-electron chi connectivity index (χ3n) is 1.79. The van der Waals surface area contributed by atoms with E-state index in [0.717, 1.165) is 29.2 Å². The second-order valence-electron chi connectivity index (χ2n) is 2.77. The molecular weight excluding hydrogens is 251 g/mol. The van der Waals surface area contributed by atoms with Crippen LogP contribution in [0.3, 0.4) is 0 Å². The first-order valence-electron chi connectivity index (χ1n) is 4.07. The highest BCUT2D eigenvalue weighted by atomic mass is 79.9. The van der Waals surface area contributed by atoms with Crippen LogP contribution in [0.2, 0.25) is 0 Å². The molecule has 0 aliphatic carbocycles. The fourth-order valence-corrected chi connectivity index (χ4v) is 1.58. The molecule has 1 aromatic carbocycles. The molecule has 0 aliphatic rings. The molecule has 3 heteroatoms. The van der Waals surface area contributed by atoms with Gasteiger partial charge in [-0.15, -0.1) is 11.6 Å². The van der Waals surface area contributed by atoms with Gasteiger partial charge in [-0.2, -0.15) is 0 Å². The maximum absolute atomic E-state index is 10.6. The molecule has 70 valence electrons. The Bertz CT molecular complexity index is 299. The lowest BCUT2D eigenvalue weighted by Crippen LogP contribution is -1.90. The van der Waals surface area contributed by atoms with Crippen molar-refractivity contribution < 1.29 is 4.79 Å². The summed E-state index contributed by atoms with van der Waals surface area (Å²) in [7, 11) is 0. The number of halogens is 2. The average Bonchev–Trinajstić information content (AvgIpc) is 2.16. The molecule has 0 bridgehead atoms. The zero-order valence-corrected chi connectivity index (χ0v) is 9.44. The Labute approximate surface area is 91.2 Å². The predicted molar refractivity (Wildman–Crippen MR) is 58.6 cm³/mol. The maximum atomic E-state index is 10.6. The number of carbonyl (C=O) groups excluding carboxylic acids is 1. The summed E-state index contributed by atoms with van der Waals surface area (Å²) in [6.45, 7) is 0. The second kappa shape index (κ2) is 5.40. The molecular formula is C10H10BrClO. The first-order chi connectivity index (χ1) is 6.27. The number of rotatable bonds is 4. The van der Waals surface area contributed by atoms with E-state index in [-0.39, 0.29) is 0 Å². The smallest absolute Gasteiger partial charge is 0.151 e. The first-order valence-corrected chi connectivity index (χ1v) is 5.40. The molecule has 0 fully saturated rings. The van der Waals surface area contributed by atoms with E-state index in [1.54, 1.807) is 0 Å². The highest BCUT2D eigenvalue weighted by Gasteiger charge is 1.99. The largest absolute Gasteiger partial charge is 0.298 e. The number of hydrogen-bond donors (Lipinski definition) is 0. The Morgan fingerprint density at radius 2 is 2.23 bits per heavy atom. The Hall–Kier alpha value is -0.340. The van der Waals surface area contributed by atoms with Crippen molar-refractivity contribution in [3.05, 3.63) is 33.8 Å². The highest BCUT2D eigenvalue weighted by Crippen LogP contribution is 2.17. The van der Waals surface area contributed by atoms with Crippen molar-refractivity contribution in [1.82, 2.24) is 0 Å². The van der Waals surface area contributed by atoms with Crippen molar-refractivity contribution in [1.29, 1.82) is 0 Å². The third-order valence-corrected chi connectivity index (χ3v) is 2.78. The van der Waals surface area contributed by atoms with Gasteiger partial charge in [0, 0.05) is 15.9 Å². The Kier molecular flexibility index (Phi) is 4.46. The zero-order chi connectivity index (χ0) is 9.68. The van der Waals surface area contributed by atoms with E-state index in [4.69, 9.17) is 11.6 Å². The highest BCUT2D eigenvalue weighted by molar-refractivity contribution is 9.10. The van der Waals surface area contributed by atoms with E-state index in [0.29, 0.717) is 11.4 Å². The standard InChI is InChI=1S/C10H10BrClO/c11-10-4-3-8(2-1-5-12)6-9(10)7-13/h3-4,6-7H,1-2,5H2. The third kappa shape index (κ3) is 3.12. The molecule has 1 aromatic rings. The van der Waals surface area contributed by atoms with Crippen LogP contribution in [0.5, 0.6) is 0 Å². The van der Waals surface area contributed by atoms with E-state index in [1.165, 1.54) is 0 Å². The molecule has 0 saturated carbocycles. The van der Waals surface area contributed by atoms with Gasteiger partial charge in [0.25, 0.3) is 0 Å². The number of benzene rings is 1. The summed E-state index contributed by atoms with van der Waals surface area (Å²) in [5.74, 6) is 0.659. The van der Waals surface area contributed by atoms with Gasteiger partial charge in [-0.25, -0.2) is 0 Å². The van der Waals surface area contributed by atoms with Crippen LogP contribution in [0.25, 0.3) is 0 Å². The first kappa shape index (κ1) is 10.7. The van der Waals surface area contributed by atoms with Crippen LogP contribution in [0.1, 0.15) is 22.3 Å². The topological polar surface area (TPSA) is 17.1 Å². The van der Waals surface area contributed by atoms with Gasteiger partial charge in [0.1, 0.15) is 0 Å². The van der Waals surface area contributed by atoms with E-state index in [2.05, 4.69) is 15.9 Å². The van der Waals surface area contributed by atoms with Gasteiger partial charge in [0.15, 0.2) is 6.29 Å². The summed E-state index contributed by atoms with van der Waals surface area (Å²) < 4.78 is 0.845. The summed E-state index contributed by atoms with van der Waals surface area (Å²) >= 11 is 8.88. The number of carbonyl (C=O) groups is 1. The molecule has 1 rings (SSSR count). The summed E-state index contributed by atoms with van der Waals surface area (Å²) in [4.78, 5) is 10.6. The fraction of sp³-hybridized carbons (Fsp3) is 0.300. The van der Waals surface area contributed by atoms with E-state index in [1.807, 2.05) is 18.2 Å². The molecule has 0 saturated heterocycles. The van der Waals surface area contributed by atoms with Gasteiger partial charge >= 0.3 is 0 Å². The van der Waals surface area contributed by atoms with Crippen molar-refractivity contribution in [2.45, 2.75) is 12.8 Å². The molecule has 0 heterocycles. The van der Waals surface area contributed by atoms with Crippen LogP contribution in [-0.4, -0.2) is 12.2 Å². The van der Waals surface area contributed by atoms with E-state index < -0.39 is 0 Å². The van der Waals surface area contributed by atoms with Crippen molar-refractivity contribution in [2.24, 2.45) is 0 Å². The number of hydrogen-bond acceptors (Lipinski definition) is 1. The summed E-state index contributed by atoms with van der Waals surface area (Å²) in [5, 5.41) is 0. The van der Waals surface area contributed by atoms with Crippen LogP contribution in [-0.2, 0) is 6.42 Å². The maximum Gasteiger partial charge on any atom is 0.151 e. The average molecular weight is 262 g/mol. The van der Waals surface area contributed by atoms with Crippen molar-refractivity contribution in [3.8, 4) is 0 Å². The van der Waals surface area contributed by atoms with Crippen LogP contribution in [0.15, 0.2) is 22.7 Å². The summed E-state index contributed by atoms with van der Waals surface area (Å²) in [6.07, 6.45) is 2.73. The Morgan fingerprint density at radius 1 is 1.46 bits per heavy atom. The minimum Gasteiger partial charge on any atom is -0.298 e. The van der Waals surface area contributed by atoms with Crippen LogP contribution in [0, 0.1) is 0 Å². The normalized spacial score (nSPS) is 10.0. The van der Waals surface area contributed by atoms with Crippen molar-refractivity contribution in [3.63, 3.8) is 0 Å². The van der Waals surface area contributed by atoms with E-state index in [9.17, 15) is 4.79 Å². The molecule has 13 heavy (non-hydrogen) atoms. The van der Waals surface area contributed by atoms with Crippen molar-refractivity contribution in [2.75, 3.05) is 5.88 Å². The van der Waals surface area contributed by atoms with Gasteiger partial charge in [-0.05, 0) is 30.5 Å².